The summed E-state index contributed by atoms with van der Waals surface area (Å²) in [4.78, 5) is 6.70. The second kappa shape index (κ2) is 9.13. The molecule has 3 aromatic rings. The lowest BCUT2D eigenvalue weighted by atomic mass is 10.0. The van der Waals surface area contributed by atoms with E-state index in [-0.39, 0.29) is 18.6 Å². The average molecular weight is 386 g/mol. The van der Waals surface area contributed by atoms with Crippen molar-refractivity contribution in [3.05, 3.63) is 71.1 Å². The van der Waals surface area contributed by atoms with Crippen LogP contribution < -0.4 is 0 Å². The maximum absolute atomic E-state index is 9.91. The van der Waals surface area contributed by atoms with Gasteiger partial charge in [-0.1, -0.05) is 73.1 Å². The molecule has 0 aliphatic carbocycles. The summed E-state index contributed by atoms with van der Waals surface area (Å²) < 4.78 is 5.47. The molecular formula is C21H24ClN3O2. The van der Waals surface area contributed by atoms with Crippen molar-refractivity contribution in [2.24, 2.45) is 5.92 Å². The van der Waals surface area contributed by atoms with Crippen LogP contribution in [0.2, 0.25) is 5.02 Å². The summed E-state index contributed by atoms with van der Waals surface area (Å²) in [6, 6.07) is 17.5. The smallest absolute Gasteiger partial charge is 0.241 e. The standard InChI is InChI=1S/C21H24ClN3O2/c1-15(2)19(14-26)25(12-16-7-4-3-5-8-16)13-20-23-21(24-27-20)17-9-6-10-18(22)11-17/h3-11,15,19,26H,12-14H2,1-2H3. The molecule has 0 radical (unpaired) electrons. The monoisotopic (exact) mass is 385 g/mol. The lowest BCUT2D eigenvalue weighted by molar-refractivity contribution is 0.0695. The minimum Gasteiger partial charge on any atom is -0.395 e. The molecule has 0 spiro atoms. The minimum atomic E-state index is -0.00766. The number of halogens is 1. The van der Waals surface area contributed by atoms with E-state index in [1.165, 1.54) is 5.56 Å². The van der Waals surface area contributed by atoms with Gasteiger partial charge in [-0.25, -0.2) is 0 Å². The van der Waals surface area contributed by atoms with Gasteiger partial charge in [-0.2, -0.15) is 4.98 Å². The van der Waals surface area contributed by atoms with Crippen LogP contribution in [0.1, 0.15) is 25.3 Å². The zero-order chi connectivity index (χ0) is 19.2. The molecular weight excluding hydrogens is 362 g/mol. The Kier molecular flexibility index (Phi) is 6.61. The van der Waals surface area contributed by atoms with Crippen molar-refractivity contribution >= 4 is 11.6 Å². The van der Waals surface area contributed by atoms with E-state index in [9.17, 15) is 5.11 Å². The van der Waals surface area contributed by atoms with E-state index in [0.29, 0.717) is 29.8 Å². The Balaban J connectivity index is 1.81. The number of hydrogen-bond donors (Lipinski definition) is 1. The highest BCUT2D eigenvalue weighted by atomic mass is 35.5. The molecule has 2 aromatic carbocycles. The quantitative estimate of drug-likeness (QED) is 0.622. The number of nitrogens with zero attached hydrogens (tertiary/aromatic N) is 3. The highest BCUT2D eigenvalue weighted by molar-refractivity contribution is 6.30. The van der Waals surface area contributed by atoms with Crippen molar-refractivity contribution in [1.82, 2.24) is 15.0 Å². The van der Waals surface area contributed by atoms with E-state index in [4.69, 9.17) is 16.1 Å². The molecule has 0 amide bonds. The zero-order valence-electron chi connectivity index (χ0n) is 15.5. The maximum atomic E-state index is 9.91. The Morgan fingerprint density at radius 1 is 1.07 bits per heavy atom. The lowest BCUT2D eigenvalue weighted by Crippen LogP contribution is -2.40. The van der Waals surface area contributed by atoms with E-state index in [0.717, 1.165) is 5.56 Å². The molecule has 27 heavy (non-hydrogen) atoms. The van der Waals surface area contributed by atoms with Crippen molar-refractivity contribution < 1.29 is 9.63 Å². The highest BCUT2D eigenvalue weighted by Gasteiger charge is 2.24. The second-order valence-corrected chi connectivity index (χ2v) is 7.34. The van der Waals surface area contributed by atoms with Gasteiger partial charge in [-0.05, 0) is 23.6 Å². The molecule has 3 rings (SSSR count). The molecule has 1 N–H and O–H groups in total. The third-order valence-corrected chi connectivity index (χ3v) is 4.78. The van der Waals surface area contributed by atoms with Crippen LogP contribution in [0.3, 0.4) is 0 Å². The van der Waals surface area contributed by atoms with Gasteiger partial charge in [-0.15, -0.1) is 0 Å². The number of aromatic nitrogens is 2. The topological polar surface area (TPSA) is 62.4 Å². The molecule has 0 saturated heterocycles. The molecule has 1 heterocycles. The molecule has 0 bridgehead atoms. The zero-order valence-corrected chi connectivity index (χ0v) is 16.3. The summed E-state index contributed by atoms with van der Waals surface area (Å²) in [6.45, 7) is 5.43. The van der Waals surface area contributed by atoms with Gasteiger partial charge in [-0.3, -0.25) is 4.90 Å². The SMILES string of the molecule is CC(C)C(CO)N(Cc1ccccc1)Cc1nc(-c2cccc(Cl)c2)no1. The van der Waals surface area contributed by atoms with Gasteiger partial charge in [0.15, 0.2) is 0 Å². The fourth-order valence-electron chi connectivity index (χ4n) is 3.09. The Bertz CT molecular complexity index is 851. The first kappa shape index (κ1) is 19.5. The highest BCUT2D eigenvalue weighted by Crippen LogP contribution is 2.22. The molecule has 5 nitrogen and oxygen atoms in total. The van der Waals surface area contributed by atoms with E-state index in [1.807, 2.05) is 42.5 Å². The second-order valence-electron chi connectivity index (χ2n) is 6.91. The van der Waals surface area contributed by atoms with Crippen LogP contribution in [0.5, 0.6) is 0 Å². The Morgan fingerprint density at radius 2 is 1.85 bits per heavy atom. The van der Waals surface area contributed by atoms with Crippen molar-refractivity contribution in [1.29, 1.82) is 0 Å². The third kappa shape index (κ3) is 5.16. The van der Waals surface area contributed by atoms with Crippen LogP contribution in [0.25, 0.3) is 11.4 Å². The van der Waals surface area contributed by atoms with Gasteiger partial charge in [0.05, 0.1) is 13.2 Å². The van der Waals surface area contributed by atoms with E-state index in [2.05, 4.69) is 41.0 Å². The summed E-state index contributed by atoms with van der Waals surface area (Å²) in [5.41, 5.74) is 1.99. The Morgan fingerprint density at radius 3 is 2.52 bits per heavy atom. The largest absolute Gasteiger partial charge is 0.395 e. The maximum Gasteiger partial charge on any atom is 0.241 e. The van der Waals surface area contributed by atoms with Crippen LogP contribution in [-0.2, 0) is 13.1 Å². The molecule has 1 atom stereocenters. The number of aliphatic hydroxyl groups is 1. The van der Waals surface area contributed by atoms with Gasteiger partial charge < -0.3 is 9.63 Å². The number of aliphatic hydroxyl groups excluding tert-OH is 1. The van der Waals surface area contributed by atoms with Gasteiger partial charge in [0.2, 0.25) is 11.7 Å². The fraction of sp³-hybridized carbons (Fsp3) is 0.333. The average Bonchev–Trinajstić information content (AvgIpc) is 3.11. The van der Waals surface area contributed by atoms with Crippen LogP contribution in [0.4, 0.5) is 0 Å². The Labute approximate surface area is 164 Å². The van der Waals surface area contributed by atoms with E-state index < -0.39 is 0 Å². The predicted octanol–water partition coefficient (Wildman–Crippen LogP) is 4.41. The van der Waals surface area contributed by atoms with Gasteiger partial charge in [0.1, 0.15) is 0 Å². The molecule has 0 fully saturated rings. The van der Waals surface area contributed by atoms with Crippen LogP contribution in [0, 0.1) is 5.92 Å². The van der Waals surface area contributed by atoms with Crippen LogP contribution >= 0.6 is 11.6 Å². The number of rotatable bonds is 8. The van der Waals surface area contributed by atoms with Crippen molar-refractivity contribution in [3.63, 3.8) is 0 Å². The molecule has 1 aromatic heterocycles. The van der Waals surface area contributed by atoms with Crippen LogP contribution in [-0.4, -0.2) is 32.8 Å². The predicted molar refractivity (Wildman–Crippen MR) is 106 cm³/mol. The summed E-state index contributed by atoms with van der Waals surface area (Å²) in [6.07, 6.45) is 0. The van der Waals surface area contributed by atoms with Gasteiger partial charge in [0, 0.05) is 23.2 Å². The molecule has 142 valence electrons. The first-order valence-corrected chi connectivity index (χ1v) is 9.42. The van der Waals surface area contributed by atoms with Crippen LogP contribution in [0.15, 0.2) is 59.1 Å². The first-order chi connectivity index (χ1) is 13.1. The van der Waals surface area contributed by atoms with Crippen molar-refractivity contribution in [2.45, 2.75) is 33.0 Å². The van der Waals surface area contributed by atoms with Gasteiger partial charge >= 0.3 is 0 Å². The van der Waals surface area contributed by atoms with Crippen molar-refractivity contribution in [2.75, 3.05) is 6.61 Å². The number of hydrogen-bond acceptors (Lipinski definition) is 5. The summed E-state index contributed by atoms with van der Waals surface area (Å²) >= 11 is 6.05. The van der Waals surface area contributed by atoms with Gasteiger partial charge in [0.25, 0.3) is 0 Å². The molecule has 0 aliphatic heterocycles. The van der Waals surface area contributed by atoms with Crippen molar-refractivity contribution in [3.8, 4) is 11.4 Å². The Hall–Kier alpha value is -2.21. The lowest BCUT2D eigenvalue weighted by Gasteiger charge is -2.32. The molecule has 1 unspecified atom stereocenters. The summed E-state index contributed by atoms with van der Waals surface area (Å²) in [5, 5.41) is 14.6. The minimum absolute atomic E-state index is 0.00766. The summed E-state index contributed by atoms with van der Waals surface area (Å²) in [5.74, 6) is 1.31. The molecule has 6 heteroatoms. The number of benzene rings is 2. The molecule has 0 aliphatic rings. The third-order valence-electron chi connectivity index (χ3n) is 4.54. The van der Waals surface area contributed by atoms with E-state index >= 15 is 0 Å². The summed E-state index contributed by atoms with van der Waals surface area (Å²) in [7, 11) is 0. The molecule has 0 saturated carbocycles. The fourth-order valence-corrected chi connectivity index (χ4v) is 3.28. The first-order valence-electron chi connectivity index (χ1n) is 9.04. The normalized spacial score (nSPS) is 12.7. The van der Waals surface area contributed by atoms with E-state index in [1.54, 1.807) is 0 Å².